The van der Waals surface area contributed by atoms with E-state index >= 15 is 0 Å². The Morgan fingerprint density at radius 2 is 1.60 bits per heavy atom. The summed E-state index contributed by atoms with van der Waals surface area (Å²) >= 11 is 0. The maximum atomic E-state index is 12.2. The van der Waals surface area contributed by atoms with Crippen molar-refractivity contribution in [2.45, 2.75) is 38.8 Å². The standard InChI is InChI=1S/C19H25NO10/c1-5-16(21)27-10-11(2)28-17(22)13(20)8-12-6-7-14(29-18(23)25-3)15(9-12)30-19(24)26-4/h6-7,9,11,13H,5,8,10,20H2,1-4H3/t11-,13-/m0/s1. The largest absolute Gasteiger partial charge is 0.513 e. The summed E-state index contributed by atoms with van der Waals surface area (Å²) in [6.07, 6.45) is -2.49. The molecule has 0 amide bonds. The molecule has 2 N–H and O–H groups in total. The number of carbonyl (C=O) groups is 4. The van der Waals surface area contributed by atoms with Crippen LogP contribution in [0.3, 0.4) is 0 Å². The number of nitrogens with two attached hydrogens (primary N) is 1. The van der Waals surface area contributed by atoms with Crippen LogP contribution in [0.25, 0.3) is 0 Å². The molecule has 0 radical (unpaired) electrons. The zero-order valence-corrected chi connectivity index (χ0v) is 17.2. The number of hydrogen-bond donors (Lipinski definition) is 1. The molecular weight excluding hydrogens is 402 g/mol. The highest BCUT2D eigenvalue weighted by atomic mass is 16.7. The van der Waals surface area contributed by atoms with Crippen molar-refractivity contribution in [3.8, 4) is 11.5 Å². The number of esters is 2. The summed E-state index contributed by atoms with van der Waals surface area (Å²) in [5.41, 5.74) is 6.36. The van der Waals surface area contributed by atoms with Gasteiger partial charge in [-0.2, -0.15) is 0 Å². The van der Waals surface area contributed by atoms with Gasteiger partial charge in [-0.25, -0.2) is 9.59 Å². The molecule has 0 saturated heterocycles. The van der Waals surface area contributed by atoms with E-state index in [2.05, 4.69) is 9.47 Å². The molecule has 30 heavy (non-hydrogen) atoms. The van der Waals surface area contributed by atoms with E-state index in [9.17, 15) is 19.2 Å². The minimum Gasteiger partial charge on any atom is -0.462 e. The SMILES string of the molecule is CCC(=O)OC[C@H](C)OC(=O)[C@@H](N)Cc1ccc(OC(=O)OC)c(OC(=O)OC)c1. The van der Waals surface area contributed by atoms with E-state index in [0.29, 0.717) is 5.56 Å². The first kappa shape index (κ1) is 24.7. The molecule has 11 heteroatoms. The molecule has 0 aromatic heterocycles. The van der Waals surface area contributed by atoms with Crippen LogP contribution in [0.5, 0.6) is 11.5 Å². The lowest BCUT2D eigenvalue weighted by Gasteiger charge is -2.17. The fourth-order valence-corrected chi connectivity index (χ4v) is 2.08. The third kappa shape index (κ3) is 8.35. The van der Waals surface area contributed by atoms with Gasteiger partial charge in [-0.3, -0.25) is 9.59 Å². The third-order valence-corrected chi connectivity index (χ3v) is 3.57. The van der Waals surface area contributed by atoms with Gasteiger partial charge in [0, 0.05) is 6.42 Å². The van der Waals surface area contributed by atoms with Crippen LogP contribution >= 0.6 is 0 Å². The molecule has 1 rings (SSSR count). The van der Waals surface area contributed by atoms with Crippen LogP contribution in [0.2, 0.25) is 0 Å². The van der Waals surface area contributed by atoms with E-state index in [1.807, 2.05) is 0 Å². The average molecular weight is 427 g/mol. The lowest BCUT2D eigenvalue weighted by molar-refractivity contribution is -0.158. The van der Waals surface area contributed by atoms with Gasteiger partial charge in [0.25, 0.3) is 0 Å². The zero-order valence-electron chi connectivity index (χ0n) is 17.2. The Morgan fingerprint density at radius 3 is 2.17 bits per heavy atom. The molecule has 0 saturated carbocycles. The summed E-state index contributed by atoms with van der Waals surface area (Å²) in [4.78, 5) is 46.1. The minimum atomic E-state index is -1.05. The van der Waals surface area contributed by atoms with Gasteiger partial charge in [0.05, 0.1) is 14.2 Å². The highest BCUT2D eigenvalue weighted by Gasteiger charge is 2.21. The van der Waals surface area contributed by atoms with Crippen molar-refractivity contribution in [3.05, 3.63) is 23.8 Å². The number of carbonyl (C=O) groups excluding carboxylic acids is 4. The van der Waals surface area contributed by atoms with Gasteiger partial charge in [-0.05, 0) is 31.0 Å². The summed E-state index contributed by atoms with van der Waals surface area (Å²) in [6, 6.07) is 3.17. The molecule has 0 aliphatic rings. The Balaban J connectivity index is 2.81. The Bertz CT molecular complexity index is 764. The highest BCUT2D eigenvalue weighted by Crippen LogP contribution is 2.29. The Labute approximate surface area is 173 Å². The van der Waals surface area contributed by atoms with Gasteiger partial charge in [0.2, 0.25) is 0 Å². The maximum Gasteiger partial charge on any atom is 0.513 e. The van der Waals surface area contributed by atoms with Crippen LogP contribution in [0.15, 0.2) is 18.2 Å². The van der Waals surface area contributed by atoms with Crippen molar-refractivity contribution in [2.75, 3.05) is 20.8 Å². The number of benzene rings is 1. The minimum absolute atomic E-state index is 0.0241. The molecule has 0 bridgehead atoms. The fraction of sp³-hybridized carbons (Fsp3) is 0.474. The number of rotatable bonds is 9. The number of methoxy groups -OCH3 is 2. The lowest BCUT2D eigenvalue weighted by atomic mass is 10.1. The number of ether oxygens (including phenoxy) is 6. The van der Waals surface area contributed by atoms with E-state index in [1.54, 1.807) is 13.8 Å². The van der Waals surface area contributed by atoms with Crippen LogP contribution in [-0.2, 0) is 35.0 Å². The Morgan fingerprint density at radius 1 is 1.00 bits per heavy atom. The molecule has 0 aliphatic heterocycles. The molecule has 0 fully saturated rings. The monoisotopic (exact) mass is 427 g/mol. The molecule has 11 nitrogen and oxygen atoms in total. The smallest absolute Gasteiger partial charge is 0.462 e. The van der Waals surface area contributed by atoms with Gasteiger partial charge in [-0.15, -0.1) is 0 Å². The molecular formula is C19H25NO10. The third-order valence-electron chi connectivity index (χ3n) is 3.57. The molecule has 0 heterocycles. The van der Waals surface area contributed by atoms with Crippen molar-refractivity contribution in [1.82, 2.24) is 0 Å². The number of hydrogen-bond acceptors (Lipinski definition) is 11. The summed E-state index contributed by atoms with van der Waals surface area (Å²) < 4.78 is 28.7. The summed E-state index contributed by atoms with van der Waals surface area (Å²) in [7, 11) is 2.23. The second-order valence-electron chi connectivity index (χ2n) is 5.99. The summed E-state index contributed by atoms with van der Waals surface area (Å²) in [5.74, 6) is -1.35. The summed E-state index contributed by atoms with van der Waals surface area (Å²) in [6.45, 7) is 3.13. The highest BCUT2D eigenvalue weighted by molar-refractivity contribution is 5.76. The van der Waals surface area contributed by atoms with Gasteiger partial charge in [0.15, 0.2) is 11.5 Å². The van der Waals surface area contributed by atoms with Crippen molar-refractivity contribution in [2.24, 2.45) is 5.73 Å². The fourth-order valence-electron chi connectivity index (χ4n) is 2.08. The van der Waals surface area contributed by atoms with Gasteiger partial charge < -0.3 is 34.2 Å². The van der Waals surface area contributed by atoms with Gasteiger partial charge in [-0.1, -0.05) is 13.0 Å². The Kier molecular flexibility index (Phi) is 10.1. The van der Waals surface area contributed by atoms with Gasteiger partial charge >= 0.3 is 24.2 Å². The Hall–Kier alpha value is -3.34. The predicted molar refractivity (Wildman–Crippen MR) is 101 cm³/mol. The second-order valence-corrected chi connectivity index (χ2v) is 5.99. The zero-order chi connectivity index (χ0) is 22.7. The van der Waals surface area contributed by atoms with E-state index in [0.717, 1.165) is 14.2 Å². The van der Waals surface area contributed by atoms with Crippen molar-refractivity contribution in [3.63, 3.8) is 0 Å². The van der Waals surface area contributed by atoms with E-state index in [4.69, 9.17) is 24.7 Å². The van der Waals surface area contributed by atoms with Crippen LogP contribution in [-0.4, -0.2) is 57.2 Å². The van der Waals surface area contributed by atoms with Crippen molar-refractivity contribution in [1.29, 1.82) is 0 Å². The molecule has 1 aromatic rings. The van der Waals surface area contributed by atoms with Crippen LogP contribution < -0.4 is 15.2 Å². The molecule has 0 aliphatic carbocycles. The molecule has 2 atom stereocenters. The van der Waals surface area contributed by atoms with E-state index in [1.165, 1.54) is 18.2 Å². The average Bonchev–Trinajstić information content (AvgIpc) is 2.73. The maximum absolute atomic E-state index is 12.2. The van der Waals surface area contributed by atoms with Gasteiger partial charge in [0.1, 0.15) is 18.8 Å². The first-order valence-corrected chi connectivity index (χ1v) is 8.96. The first-order chi connectivity index (χ1) is 14.2. The van der Waals surface area contributed by atoms with Crippen LogP contribution in [0.1, 0.15) is 25.8 Å². The van der Waals surface area contributed by atoms with E-state index < -0.39 is 36.4 Å². The van der Waals surface area contributed by atoms with Crippen LogP contribution in [0, 0.1) is 0 Å². The lowest BCUT2D eigenvalue weighted by Crippen LogP contribution is -2.37. The first-order valence-electron chi connectivity index (χ1n) is 8.96. The van der Waals surface area contributed by atoms with Crippen molar-refractivity contribution < 1.29 is 47.6 Å². The molecule has 1 aromatic carbocycles. The second kappa shape index (κ2) is 12.3. The topological polar surface area (TPSA) is 150 Å². The molecule has 0 spiro atoms. The normalized spacial score (nSPS) is 12.2. The summed E-state index contributed by atoms with van der Waals surface area (Å²) in [5, 5.41) is 0. The van der Waals surface area contributed by atoms with Crippen molar-refractivity contribution >= 4 is 24.2 Å². The van der Waals surface area contributed by atoms with Crippen LogP contribution in [0.4, 0.5) is 9.59 Å². The molecule has 166 valence electrons. The predicted octanol–water partition coefficient (Wildman–Crippen LogP) is 1.73. The molecule has 0 unspecified atom stereocenters. The quantitative estimate of drug-likeness (QED) is 0.349. The van der Waals surface area contributed by atoms with E-state index in [-0.39, 0.29) is 30.9 Å².